The van der Waals surface area contributed by atoms with Crippen LogP contribution >= 0.6 is 0 Å². The van der Waals surface area contributed by atoms with Gasteiger partial charge < -0.3 is 5.32 Å². The normalized spacial score (nSPS) is 12.5. The first kappa shape index (κ1) is 11.6. The lowest BCUT2D eigenvalue weighted by Crippen LogP contribution is -2.12. The van der Waals surface area contributed by atoms with Crippen LogP contribution in [-0.4, -0.2) is 9.78 Å². The third kappa shape index (κ3) is 2.46. The van der Waals surface area contributed by atoms with Crippen molar-refractivity contribution in [3.63, 3.8) is 0 Å². The highest BCUT2D eigenvalue weighted by Crippen LogP contribution is 2.22. The van der Waals surface area contributed by atoms with Crippen molar-refractivity contribution in [1.82, 2.24) is 9.78 Å². The van der Waals surface area contributed by atoms with Crippen LogP contribution in [0, 0.1) is 12.7 Å². The van der Waals surface area contributed by atoms with E-state index in [1.54, 1.807) is 16.9 Å². The van der Waals surface area contributed by atoms with E-state index in [0.29, 0.717) is 5.69 Å². The molecule has 0 aliphatic heterocycles. The van der Waals surface area contributed by atoms with E-state index in [2.05, 4.69) is 10.4 Å². The summed E-state index contributed by atoms with van der Waals surface area (Å²) in [6.07, 6.45) is 1.74. The molecule has 90 valence electrons. The summed E-state index contributed by atoms with van der Waals surface area (Å²) in [5.41, 5.74) is 2.58. The monoisotopic (exact) mass is 233 g/mol. The lowest BCUT2D eigenvalue weighted by Gasteiger charge is -2.16. The number of hydrogen-bond acceptors (Lipinski definition) is 2. The van der Waals surface area contributed by atoms with Crippen LogP contribution in [-0.2, 0) is 7.05 Å². The van der Waals surface area contributed by atoms with E-state index in [-0.39, 0.29) is 11.9 Å². The molecule has 0 aliphatic carbocycles. The van der Waals surface area contributed by atoms with Crippen molar-refractivity contribution in [3.8, 4) is 0 Å². The predicted molar refractivity (Wildman–Crippen MR) is 66.4 cm³/mol. The van der Waals surface area contributed by atoms with Gasteiger partial charge in [-0.05, 0) is 37.6 Å². The smallest absolute Gasteiger partial charge is 0.146 e. The lowest BCUT2D eigenvalue weighted by atomic mass is 10.1. The second-order valence-corrected chi connectivity index (χ2v) is 4.23. The van der Waals surface area contributed by atoms with Crippen LogP contribution < -0.4 is 5.32 Å². The molecule has 0 bridgehead atoms. The van der Waals surface area contributed by atoms with Crippen molar-refractivity contribution >= 4 is 5.69 Å². The largest absolute Gasteiger partial charge is 0.375 e. The number of aromatic nitrogens is 2. The molecule has 1 aromatic carbocycles. The fourth-order valence-corrected chi connectivity index (χ4v) is 1.87. The van der Waals surface area contributed by atoms with E-state index >= 15 is 0 Å². The molecule has 3 nitrogen and oxygen atoms in total. The van der Waals surface area contributed by atoms with Gasteiger partial charge >= 0.3 is 0 Å². The molecule has 0 fully saturated rings. The zero-order valence-corrected chi connectivity index (χ0v) is 10.2. The van der Waals surface area contributed by atoms with Crippen LogP contribution in [0.4, 0.5) is 10.1 Å². The quantitative estimate of drug-likeness (QED) is 0.883. The van der Waals surface area contributed by atoms with E-state index < -0.39 is 0 Å². The van der Waals surface area contributed by atoms with E-state index in [9.17, 15) is 4.39 Å². The predicted octanol–water partition coefficient (Wildman–Crippen LogP) is 3.04. The maximum absolute atomic E-state index is 13.6. The number of halogens is 1. The average Bonchev–Trinajstić information content (AvgIpc) is 2.70. The Labute approximate surface area is 100 Å². The Morgan fingerprint density at radius 3 is 2.76 bits per heavy atom. The number of aryl methyl sites for hydroxylation is 2. The molecule has 1 N–H and O–H groups in total. The van der Waals surface area contributed by atoms with Crippen LogP contribution in [0.15, 0.2) is 30.5 Å². The Morgan fingerprint density at radius 2 is 2.12 bits per heavy atom. The molecule has 0 aliphatic rings. The number of nitrogens with one attached hydrogen (secondary N) is 1. The Kier molecular flexibility index (Phi) is 3.13. The standard InChI is InChI=1S/C13H16FN3/c1-9-4-5-11(14)12(8-9)16-10(2)13-6-7-15-17(13)3/h4-8,10,16H,1-3H3. The molecule has 2 rings (SSSR count). The summed E-state index contributed by atoms with van der Waals surface area (Å²) < 4.78 is 15.4. The van der Waals surface area contributed by atoms with Crippen LogP contribution in [0.2, 0.25) is 0 Å². The molecular weight excluding hydrogens is 217 g/mol. The third-order valence-corrected chi connectivity index (χ3v) is 2.80. The van der Waals surface area contributed by atoms with Gasteiger partial charge in [-0.25, -0.2) is 4.39 Å². The highest BCUT2D eigenvalue weighted by atomic mass is 19.1. The lowest BCUT2D eigenvalue weighted by molar-refractivity contribution is 0.622. The summed E-state index contributed by atoms with van der Waals surface area (Å²) in [5, 5.41) is 7.26. The van der Waals surface area contributed by atoms with Crippen LogP contribution in [0.25, 0.3) is 0 Å². The molecule has 0 radical (unpaired) electrons. The van der Waals surface area contributed by atoms with Crippen LogP contribution in [0.1, 0.15) is 24.2 Å². The summed E-state index contributed by atoms with van der Waals surface area (Å²) in [6, 6.07) is 6.98. The first-order valence-electron chi connectivity index (χ1n) is 5.58. The van der Waals surface area contributed by atoms with Gasteiger partial charge in [0, 0.05) is 13.2 Å². The minimum atomic E-state index is -0.232. The van der Waals surface area contributed by atoms with Gasteiger partial charge in [0.1, 0.15) is 5.82 Å². The van der Waals surface area contributed by atoms with Crippen molar-refractivity contribution in [3.05, 3.63) is 47.5 Å². The number of anilines is 1. The van der Waals surface area contributed by atoms with Crippen LogP contribution in [0.3, 0.4) is 0 Å². The first-order valence-corrected chi connectivity index (χ1v) is 5.58. The Balaban J connectivity index is 2.21. The molecule has 17 heavy (non-hydrogen) atoms. The van der Waals surface area contributed by atoms with Gasteiger partial charge in [0.2, 0.25) is 0 Å². The Hall–Kier alpha value is -1.84. The van der Waals surface area contributed by atoms with E-state index in [1.807, 2.05) is 33.0 Å². The van der Waals surface area contributed by atoms with Gasteiger partial charge in [-0.1, -0.05) is 6.07 Å². The number of rotatable bonds is 3. The van der Waals surface area contributed by atoms with Crippen molar-refractivity contribution in [2.24, 2.45) is 7.05 Å². The third-order valence-electron chi connectivity index (χ3n) is 2.80. The Bertz CT molecular complexity index is 519. The van der Waals surface area contributed by atoms with Gasteiger partial charge in [0.15, 0.2) is 0 Å². The van der Waals surface area contributed by atoms with Crippen molar-refractivity contribution in [2.45, 2.75) is 19.9 Å². The fourth-order valence-electron chi connectivity index (χ4n) is 1.87. The molecule has 4 heteroatoms. The average molecular weight is 233 g/mol. The molecule has 0 saturated carbocycles. The van der Waals surface area contributed by atoms with E-state index in [0.717, 1.165) is 11.3 Å². The van der Waals surface area contributed by atoms with Gasteiger partial charge in [-0.15, -0.1) is 0 Å². The highest BCUT2D eigenvalue weighted by molar-refractivity contribution is 5.48. The summed E-state index contributed by atoms with van der Waals surface area (Å²) in [7, 11) is 1.88. The second-order valence-electron chi connectivity index (χ2n) is 4.23. The fraction of sp³-hybridized carbons (Fsp3) is 0.308. The van der Waals surface area contributed by atoms with E-state index in [1.165, 1.54) is 6.07 Å². The topological polar surface area (TPSA) is 29.9 Å². The minimum Gasteiger partial charge on any atom is -0.375 e. The van der Waals surface area contributed by atoms with Gasteiger partial charge in [-0.3, -0.25) is 4.68 Å². The zero-order chi connectivity index (χ0) is 12.4. The minimum absolute atomic E-state index is 0.0128. The summed E-state index contributed by atoms with van der Waals surface area (Å²) in [5.74, 6) is -0.232. The maximum atomic E-state index is 13.6. The molecule has 2 aromatic rings. The molecule has 0 saturated heterocycles. The zero-order valence-electron chi connectivity index (χ0n) is 10.2. The number of nitrogens with zero attached hydrogens (tertiary/aromatic N) is 2. The van der Waals surface area contributed by atoms with Gasteiger partial charge in [-0.2, -0.15) is 5.10 Å². The highest BCUT2D eigenvalue weighted by Gasteiger charge is 2.11. The summed E-state index contributed by atoms with van der Waals surface area (Å²) >= 11 is 0. The second kappa shape index (κ2) is 4.57. The molecule has 0 amide bonds. The first-order chi connectivity index (χ1) is 8.08. The van der Waals surface area contributed by atoms with E-state index in [4.69, 9.17) is 0 Å². The maximum Gasteiger partial charge on any atom is 0.146 e. The molecule has 1 atom stereocenters. The van der Waals surface area contributed by atoms with Crippen molar-refractivity contribution < 1.29 is 4.39 Å². The number of benzene rings is 1. The molecule has 1 heterocycles. The molecular formula is C13H16FN3. The number of hydrogen-bond donors (Lipinski definition) is 1. The van der Waals surface area contributed by atoms with Crippen molar-refractivity contribution in [1.29, 1.82) is 0 Å². The summed E-state index contributed by atoms with van der Waals surface area (Å²) in [6.45, 7) is 3.93. The molecule has 1 aromatic heterocycles. The van der Waals surface area contributed by atoms with Crippen molar-refractivity contribution in [2.75, 3.05) is 5.32 Å². The molecule has 1 unspecified atom stereocenters. The van der Waals surface area contributed by atoms with Crippen LogP contribution in [0.5, 0.6) is 0 Å². The Morgan fingerprint density at radius 1 is 1.35 bits per heavy atom. The summed E-state index contributed by atoms with van der Waals surface area (Å²) in [4.78, 5) is 0. The van der Waals surface area contributed by atoms with Gasteiger partial charge in [0.05, 0.1) is 17.4 Å². The molecule has 0 spiro atoms. The van der Waals surface area contributed by atoms with Gasteiger partial charge in [0.25, 0.3) is 0 Å². The SMILES string of the molecule is Cc1ccc(F)c(NC(C)c2ccnn2C)c1.